The first-order valence-electron chi connectivity index (χ1n) is 10.6. The lowest BCUT2D eigenvalue weighted by Gasteiger charge is -2.14. The Balaban J connectivity index is 1.64. The van der Waals surface area contributed by atoms with Crippen molar-refractivity contribution in [3.8, 4) is 0 Å². The van der Waals surface area contributed by atoms with Crippen molar-refractivity contribution in [1.82, 2.24) is 24.1 Å². The Kier molecular flexibility index (Phi) is 3.90. The topological polar surface area (TPSA) is 74.8 Å². The fraction of sp³-hybridized carbons (Fsp3) is 0.455. The third kappa shape index (κ3) is 2.68. The standard InChI is InChI=1S/C22H23N5O2/c28-22-18-19-21(25-17-10-4-3-9-16(17)24-19)27(14-6-1-2-7-14)20(18)23-13-26(22)12-15-8-5-11-29-15/h3-4,9-10,13-15H,1-2,5-8,11-12H2/t15-/m1/s1. The summed E-state index contributed by atoms with van der Waals surface area (Å²) >= 11 is 0. The summed E-state index contributed by atoms with van der Waals surface area (Å²) in [4.78, 5) is 28.0. The SMILES string of the molecule is O=c1c2c3nc4ccccc4nc3n(C3CCCC3)c2ncn1C[C@H]1CCCO1. The molecule has 4 aromatic rings. The van der Waals surface area contributed by atoms with Crippen molar-refractivity contribution in [2.24, 2.45) is 0 Å². The number of aromatic nitrogens is 5. The lowest BCUT2D eigenvalue weighted by molar-refractivity contribution is 0.0960. The van der Waals surface area contributed by atoms with Crippen molar-refractivity contribution >= 4 is 33.2 Å². The van der Waals surface area contributed by atoms with Crippen LogP contribution < -0.4 is 5.56 Å². The summed E-state index contributed by atoms with van der Waals surface area (Å²) in [6.45, 7) is 1.31. The minimum Gasteiger partial charge on any atom is -0.376 e. The molecule has 1 saturated carbocycles. The van der Waals surface area contributed by atoms with Gasteiger partial charge >= 0.3 is 0 Å². The highest BCUT2D eigenvalue weighted by Crippen LogP contribution is 2.36. The molecule has 0 unspecified atom stereocenters. The van der Waals surface area contributed by atoms with Crippen molar-refractivity contribution in [2.75, 3.05) is 6.61 Å². The van der Waals surface area contributed by atoms with Crippen LogP contribution in [0.4, 0.5) is 0 Å². The van der Waals surface area contributed by atoms with E-state index in [0.717, 1.165) is 54.6 Å². The maximum absolute atomic E-state index is 13.5. The number of benzene rings is 1. The highest BCUT2D eigenvalue weighted by molar-refractivity contribution is 6.04. The van der Waals surface area contributed by atoms with Crippen LogP contribution in [0.5, 0.6) is 0 Å². The van der Waals surface area contributed by atoms with Gasteiger partial charge in [0.1, 0.15) is 10.9 Å². The van der Waals surface area contributed by atoms with Crippen LogP contribution in [0.2, 0.25) is 0 Å². The van der Waals surface area contributed by atoms with Gasteiger partial charge in [0.15, 0.2) is 11.3 Å². The van der Waals surface area contributed by atoms with Crippen LogP contribution in [0, 0.1) is 0 Å². The summed E-state index contributed by atoms with van der Waals surface area (Å²) in [5, 5.41) is 0.589. The fourth-order valence-corrected chi connectivity index (χ4v) is 4.94. The van der Waals surface area contributed by atoms with Gasteiger partial charge in [0, 0.05) is 12.6 Å². The summed E-state index contributed by atoms with van der Waals surface area (Å²) in [7, 11) is 0. The predicted octanol–water partition coefficient (Wildman–Crippen LogP) is 3.59. The molecule has 7 heteroatoms. The highest BCUT2D eigenvalue weighted by atomic mass is 16.5. The van der Waals surface area contributed by atoms with Crippen molar-refractivity contribution < 1.29 is 4.74 Å². The second-order valence-electron chi connectivity index (χ2n) is 8.23. The van der Waals surface area contributed by atoms with Crippen LogP contribution in [0.3, 0.4) is 0 Å². The molecule has 2 aliphatic rings. The third-order valence-electron chi connectivity index (χ3n) is 6.38. The van der Waals surface area contributed by atoms with Gasteiger partial charge < -0.3 is 9.30 Å². The zero-order valence-corrected chi connectivity index (χ0v) is 16.3. The van der Waals surface area contributed by atoms with Gasteiger partial charge in [-0.05, 0) is 37.8 Å². The Bertz CT molecular complexity index is 1280. The van der Waals surface area contributed by atoms with Crippen LogP contribution in [0.25, 0.3) is 33.2 Å². The molecule has 1 atom stereocenters. The Morgan fingerprint density at radius 2 is 1.79 bits per heavy atom. The Hall–Kier alpha value is -2.80. The molecule has 1 saturated heterocycles. The summed E-state index contributed by atoms with van der Waals surface area (Å²) < 4.78 is 9.60. The lowest BCUT2D eigenvalue weighted by atomic mass is 10.2. The van der Waals surface area contributed by atoms with E-state index in [4.69, 9.17) is 19.7 Å². The van der Waals surface area contributed by atoms with Gasteiger partial charge in [-0.1, -0.05) is 25.0 Å². The molecule has 7 nitrogen and oxygen atoms in total. The molecule has 1 aliphatic heterocycles. The van der Waals surface area contributed by atoms with Gasteiger partial charge in [0.05, 0.1) is 30.0 Å². The van der Waals surface area contributed by atoms with Gasteiger partial charge in [-0.3, -0.25) is 9.36 Å². The van der Waals surface area contributed by atoms with E-state index in [2.05, 4.69) is 4.57 Å². The number of hydrogen-bond acceptors (Lipinski definition) is 5. The van der Waals surface area contributed by atoms with Gasteiger partial charge in [0.2, 0.25) is 0 Å². The first kappa shape index (κ1) is 17.1. The number of para-hydroxylation sites is 2. The molecule has 148 valence electrons. The van der Waals surface area contributed by atoms with E-state index in [1.807, 2.05) is 24.3 Å². The molecule has 0 radical (unpaired) electrons. The molecule has 0 bridgehead atoms. The average molecular weight is 389 g/mol. The molecule has 0 N–H and O–H groups in total. The normalized spacial score (nSPS) is 20.5. The van der Waals surface area contributed by atoms with E-state index in [1.54, 1.807) is 10.9 Å². The Morgan fingerprint density at radius 3 is 2.55 bits per heavy atom. The van der Waals surface area contributed by atoms with E-state index in [-0.39, 0.29) is 11.7 Å². The second-order valence-corrected chi connectivity index (χ2v) is 8.23. The Morgan fingerprint density at radius 1 is 1.00 bits per heavy atom. The maximum Gasteiger partial charge on any atom is 0.265 e. The molecule has 2 fully saturated rings. The summed E-state index contributed by atoms with van der Waals surface area (Å²) in [6, 6.07) is 8.17. The predicted molar refractivity (Wildman–Crippen MR) is 111 cm³/mol. The largest absolute Gasteiger partial charge is 0.376 e. The van der Waals surface area contributed by atoms with Gasteiger partial charge in [-0.25, -0.2) is 15.0 Å². The number of fused-ring (bicyclic) bond motifs is 4. The van der Waals surface area contributed by atoms with Crippen LogP contribution >= 0.6 is 0 Å². The molecule has 0 spiro atoms. The molecule has 1 aliphatic carbocycles. The highest BCUT2D eigenvalue weighted by Gasteiger charge is 2.27. The zero-order valence-electron chi connectivity index (χ0n) is 16.3. The van der Waals surface area contributed by atoms with Crippen LogP contribution in [-0.4, -0.2) is 36.8 Å². The van der Waals surface area contributed by atoms with E-state index >= 15 is 0 Å². The van der Waals surface area contributed by atoms with Crippen LogP contribution in [-0.2, 0) is 11.3 Å². The molecule has 0 amide bonds. The molecule has 29 heavy (non-hydrogen) atoms. The fourth-order valence-electron chi connectivity index (χ4n) is 4.94. The van der Waals surface area contributed by atoms with Gasteiger partial charge in [-0.15, -0.1) is 0 Å². The summed E-state index contributed by atoms with van der Waals surface area (Å²) in [5.41, 5.74) is 3.78. The molecule has 4 heterocycles. The van der Waals surface area contributed by atoms with Crippen molar-refractivity contribution in [1.29, 1.82) is 0 Å². The maximum atomic E-state index is 13.5. The third-order valence-corrected chi connectivity index (χ3v) is 6.38. The minimum atomic E-state index is -0.0446. The number of hydrogen-bond donors (Lipinski definition) is 0. The molecular formula is C22H23N5O2. The quantitative estimate of drug-likeness (QED) is 0.535. The number of nitrogens with zero attached hydrogens (tertiary/aromatic N) is 5. The van der Waals surface area contributed by atoms with E-state index in [1.165, 1.54) is 12.8 Å². The number of rotatable bonds is 3. The van der Waals surface area contributed by atoms with Crippen LogP contribution in [0.15, 0.2) is 35.4 Å². The smallest absolute Gasteiger partial charge is 0.265 e. The molecule has 3 aromatic heterocycles. The first-order chi connectivity index (χ1) is 14.3. The number of ether oxygens (including phenoxy) is 1. The van der Waals surface area contributed by atoms with E-state index in [9.17, 15) is 4.79 Å². The monoisotopic (exact) mass is 389 g/mol. The summed E-state index contributed by atoms with van der Waals surface area (Å²) in [5.74, 6) is 0. The van der Waals surface area contributed by atoms with Gasteiger partial charge in [-0.2, -0.15) is 0 Å². The minimum absolute atomic E-state index is 0.0446. The first-order valence-corrected chi connectivity index (χ1v) is 10.6. The molecule has 1 aromatic carbocycles. The second kappa shape index (κ2) is 6.62. The van der Waals surface area contributed by atoms with Gasteiger partial charge in [0.25, 0.3) is 5.56 Å². The van der Waals surface area contributed by atoms with E-state index in [0.29, 0.717) is 23.5 Å². The summed E-state index contributed by atoms with van der Waals surface area (Å²) in [6.07, 6.45) is 8.37. The molecule has 6 rings (SSSR count). The van der Waals surface area contributed by atoms with Crippen molar-refractivity contribution in [3.63, 3.8) is 0 Å². The van der Waals surface area contributed by atoms with Crippen LogP contribution in [0.1, 0.15) is 44.6 Å². The average Bonchev–Trinajstić information content (AvgIpc) is 3.48. The van der Waals surface area contributed by atoms with Crippen molar-refractivity contribution in [2.45, 2.75) is 57.2 Å². The van der Waals surface area contributed by atoms with E-state index < -0.39 is 0 Å². The zero-order chi connectivity index (χ0) is 19.4. The Labute approximate surface area is 167 Å². The lowest BCUT2D eigenvalue weighted by Crippen LogP contribution is -2.26. The van der Waals surface area contributed by atoms with Crippen molar-refractivity contribution in [3.05, 3.63) is 40.9 Å². The molecular weight excluding hydrogens is 366 g/mol.